The molecule has 1 N–H and O–H groups in total. The van der Waals surface area contributed by atoms with Crippen LogP contribution in [0.25, 0.3) is 11.1 Å². The number of amides is 1. The molecule has 1 amide bonds. The van der Waals surface area contributed by atoms with Crippen LogP contribution in [0.15, 0.2) is 42.5 Å². The van der Waals surface area contributed by atoms with E-state index in [-0.39, 0.29) is 11.8 Å². The van der Waals surface area contributed by atoms with Crippen LogP contribution in [0.4, 0.5) is 11.4 Å². The van der Waals surface area contributed by atoms with Gasteiger partial charge in [-0.15, -0.1) is 0 Å². The molecule has 1 aliphatic heterocycles. The van der Waals surface area contributed by atoms with Crippen molar-refractivity contribution in [3.8, 4) is 17.2 Å². The van der Waals surface area contributed by atoms with Crippen LogP contribution in [-0.4, -0.2) is 18.5 Å². The number of nitrogens with zero attached hydrogens (tertiary/aromatic N) is 2. The highest BCUT2D eigenvalue weighted by Crippen LogP contribution is 2.33. The topological polar surface area (TPSA) is 56.1 Å². The van der Waals surface area contributed by atoms with E-state index in [0.29, 0.717) is 11.6 Å². The summed E-state index contributed by atoms with van der Waals surface area (Å²) in [5.74, 6) is 0.295. The van der Waals surface area contributed by atoms with E-state index >= 15 is 0 Å². The Balaban J connectivity index is 1.61. The Morgan fingerprint density at radius 3 is 2.65 bits per heavy atom. The normalized spacial score (nSPS) is 19.2. The van der Waals surface area contributed by atoms with Crippen LogP contribution >= 0.6 is 0 Å². The summed E-state index contributed by atoms with van der Waals surface area (Å²) in [7, 11) is 0. The molecular weight excluding hydrogens is 322 g/mol. The average molecular weight is 345 g/mol. The van der Waals surface area contributed by atoms with Crippen molar-refractivity contribution in [3.63, 3.8) is 0 Å². The number of nitrogens with one attached hydrogen (secondary N) is 1. The first kappa shape index (κ1) is 16.7. The highest BCUT2D eigenvalue weighted by Gasteiger charge is 2.29. The maximum absolute atomic E-state index is 12.0. The molecule has 2 fully saturated rings. The molecule has 2 aliphatic rings. The summed E-state index contributed by atoms with van der Waals surface area (Å²) < 4.78 is 0. The summed E-state index contributed by atoms with van der Waals surface area (Å²) in [6, 6.07) is 16.8. The summed E-state index contributed by atoms with van der Waals surface area (Å²) in [5, 5.41) is 12.6. The lowest BCUT2D eigenvalue weighted by molar-refractivity contribution is -0.117. The fraction of sp³-hybridized carbons (Fsp3) is 0.364. The molecule has 0 bridgehead atoms. The van der Waals surface area contributed by atoms with Gasteiger partial charge in [0.2, 0.25) is 5.91 Å². The summed E-state index contributed by atoms with van der Waals surface area (Å²) >= 11 is 0. The number of benzene rings is 2. The molecule has 4 nitrogen and oxygen atoms in total. The van der Waals surface area contributed by atoms with Crippen molar-refractivity contribution in [3.05, 3.63) is 48.0 Å². The van der Waals surface area contributed by atoms with Crippen molar-refractivity contribution < 1.29 is 4.79 Å². The second kappa shape index (κ2) is 6.84. The van der Waals surface area contributed by atoms with Gasteiger partial charge >= 0.3 is 0 Å². The van der Waals surface area contributed by atoms with E-state index in [1.807, 2.05) is 30.3 Å². The monoisotopic (exact) mass is 345 g/mol. The molecule has 4 heteroatoms. The third-order valence-electron chi connectivity index (χ3n) is 5.39. The zero-order valence-electron chi connectivity index (χ0n) is 15.0. The smallest absolute Gasteiger partial charge is 0.227 e. The third-order valence-corrected chi connectivity index (χ3v) is 5.39. The fourth-order valence-electron chi connectivity index (χ4n) is 3.71. The van der Waals surface area contributed by atoms with E-state index in [2.05, 4.69) is 35.3 Å². The Bertz CT molecular complexity index is 879. The minimum Gasteiger partial charge on any atom is -0.368 e. The van der Waals surface area contributed by atoms with Gasteiger partial charge in [-0.25, -0.2) is 0 Å². The molecule has 2 aromatic rings. The summed E-state index contributed by atoms with van der Waals surface area (Å²) in [6.45, 7) is 3.23. The Hall–Kier alpha value is -2.80. The standard InChI is InChI=1S/C22H23N3O/c1-15-4-3-11-25(15)21-10-9-18(12-19(21)14-23)17-5-2-6-20(13-17)24-22(26)16-7-8-16/h2,5-6,9-10,12-13,15-16H,3-4,7-8,11H2,1H3,(H,24,26)/t15-/m0/s1. The van der Waals surface area contributed by atoms with Crippen LogP contribution in [0, 0.1) is 17.2 Å². The van der Waals surface area contributed by atoms with E-state index in [4.69, 9.17) is 0 Å². The highest BCUT2D eigenvalue weighted by atomic mass is 16.2. The first-order valence-electron chi connectivity index (χ1n) is 9.38. The van der Waals surface area contributed by atoms with Crippen molar-refractivity contribution >= 4 is 17.3 Å². The Morgan fingerprint density at radius 1 is 1.15 bits per heavy atom. The second-order valence-corrected chi connectivity index (χ2v) is 7.37. The largest absolute Gasteiger partial charge is 0.368 e. The Kier molecular flexibility index (Phi) is 4.38. The molecule has 0 radical (unpaired) electrons. The summed E-state index contributed by atoms with van der Waals surface area (Å²) in [6.07, 6.45) is 4.34. The fourth-order valence-corrected chi connectivity index (χ4v) is 3.71. The van der Waals surface area contributed by atoms with E-state index in [1.165, 1.54) is 12.8 Å². The van der Waals surface area contributed by atoms with Gasteiger partial charge in [0.15, 0.2) is 0 Å². The van der Waals surface area contributed by atoms with Gasteiger partial charge in [-0.1, -0.05) is 18.2 Å². The lowest BCUT2D eigenvalue weighted by Crippen LogP contribution is -2.26. The molecule has 1 saturated heterocycles. The van der Waals surface area contributed by atoms with E-state index in [9.17, 15) is 10.1 Å². The van der Waals surface area contributed by atoms with Crippen LogP contribution in [0.2, 0.25) is 0 Å². The number of nitriles is 1. The molecule has 1 atom stereocenters. The van der Waals surface area contributed by atoms with Crippen molar-refractivity contribution in [2.75, 3.05) is 16.8 Å². The van der Waals surface area contributed by atoms with Crippen LogP contribution in [0.1, 0.15) is 38.2 Å². The van der Waals surface area contributed by atoms with Crippen LogP contribution in [0.5, 0.6) is 0 Å². The van der Waals surface area contributed by atoms with Crippen molar-refractivity contribution in [1.29, 1.82) is 5.26 Å². The maximum atomic E-state index is 12.0. The van der Waals surface area contributed by atoms with E-state index < -0.39 is 0 Å². The maximum Gasteiger partial charge on any atom is 0.227 e. The lowest BCUT2D eigenvalue weighted by Gasteiger charge is -2.25. The molecule has 0 spiro atoms. The van der Waals surface area contributed by atoms with Gasteiger partial charge in [0.1, 0.15) is 6.07 Å². The van der Waals surface area contributed by atoms with E-state index in [0.717, 1.165) is 41.9 Å². The molecule has 132 valence electrons. The minimum absolute atomic E-state index is 0.109. The van der Waals surface area contributed by atoms with Crippen LogP contribution in [-0.2, 0) is 4.79 Å². The van der Waals surface area contributed by atoms with Gasteiger partial charge in [0.25, 0.3) is 0 Å². The van der Waals surface area contributed by atoms with Gasteiger partial charge < -0.3 is 10.2 Å². The Labute approximate surface area is 154 Å². The number of hydrogen-bond donors (Lipinski definition) is 1. The highest BCUT2D eigenvalue weighted by molar-refractivity contribution is 5.94. The Morgan fingerprint density at radius 2 is 1.96 bits per heavy atom. The van der Waals surface area contributed by atoms with Gasteiger partial charge in [-0.2, -0.15) is 5.26 Å². The molecule has 0 unspecified atom stereocenters. The predicted octanol–water partition coefficient (Wildman–Crippen LogP) is 4.56. The number of anilines is 2. The first-order valence-corrected chi connectivity index (χ1v) is 9.38. The minimum atomic E-state index is 0.109. The molecule has 26 heavy (non-hydrogen) atoms. The molecule has 0 aromatic heterocycles. The van der Waals surface area contributed by atoms with Crippen LogP contribution in [0.3, 0.4) is 0 Å². The SMILES string of the molecule is C[C@H]1CCCN1c1ccc(-c2cccc(NC(=O)C3CC3)c2)cc1C#N. The number of carbonyl (C=O) groups excluding carboxylic acids is 1. The van der Waals surface area contributed by atoms with Gasteiger partial charge in [0.05, 0.1) is 11.3 Å². The van der Waals surface area contributed by atoms with Crippen LogP contribution < -0.4 is 10.2 Å². The number of carbonyl (C=O) groups is 1. The predicted molar refractivity (Wildman–Crippen MR) is 104 cm³/mol. The molecule has 1 aliphatic carbocycles. The summed E-state index contributed by atoms with van der Waals surface area (Å²) in [4.78, 5) is 14.3. The van der Waals surface area contributed by atoms with Gasteiger partial charge in [-0.3, -0.25) is 4.79 Å². The van der Waals surface area contributed by atoms with Crippen molar-refractivity contribution in [2.45, 2.75) is 38.6 Å². The molecular formula is C22H23N3O. The number of hydrogen-bond acceptors (Lipinski definition) is 3. The van der Waals surface area contributed by atoms with Crippen molar-refractivity contribution in [2.24, 2.45) is 5.92 Å². The summed E-state index contributed by atoms with van der Waals surface area (Å²) in [5.41, 5.74) is 4.56. The zero-order chi connectivity index (χ0) is 18.1. The zero-order valence-corrected chi connectivity index (χ0v) is 15.0. The second-order valence-electron chi connectivity index (χ2n) is 7.37. The lowest BCUT2D eigenvalue weighted by atomic mass is 10.0. The van der Waals surface area contributed by atoms with Crippen molar-refractivity contribution in [1.82, 2.24) is 0 Å². The number of rotatable bonds is 4. The third kappa shape index (κ3) is 3.30. The quantitative estimate of drug-likeness (QED) is 0.883. The first-order chi connectivity index (χ1) is 12.7. The van der Waals surface area contributed by atoms with E-state index in [1.54, 1.807) is 0 Å². The van der Waals surface area contributed by atoms with Gasteiger partial charge in [0, 0.05) is 24.2 Å². The molecule has 2 aromatic carbocycles. The van der Waals surface area contributed by atoms with Gasteiger partial charge in [-0.05, 0) is 68.0 Å². The molecule has 1 heterocycles. The molecule has 4 rings (SSSR count). The molecule has 1 saturated carbocycles. The average Bonchev–Trinajstić information content (AvgIpc) is 3.43.